The number of nitrogens with one attached hydrogen (secondary N) is 1. The van der Waals surface area contributed by atoms with Crippen LogP contribution in [0.5, 0.6) is 0 Å². The minimum absolute atomic E-state index is 0.336. The molecule has 0 unspecified atom stereocenters. The van der Waals surface area contributed by atoms with Gasteiger partial charge in [-0.1, -0.05) is 6.42 Å². The van der Waals surface area contributed by atoms with E-state index in [4.69, 9.17) is 16.5 Å². The lowest BCUT2D eigenvalue weighted by Gasteiger charge is -2.36. The van der Waals surface area contributed by atoms with Crippen LogP contribution in [0.3, 0.4) is 0 Å². The molecule has 1 saturated carbocycles. The van der Waals surface area contributed by atoms with Gasteiger partial charge in [-0.25, -0.2) is 14.8 Å². The van der Waals surface area contributed by atoms with Crippen LogP contribution in [0.4, 0.5) is 23.1 Å². The molecular formula is C22H23N7S. The van der Waals surface area contributed by atoms with Crippen molar-refractivity contribution in [3.63, 3.8) is 0 Å². The topological polar surface area (TPSA) is 63.2 Å². The van der Waals surface area contributed by atoms with Crippen LogP contribution >= 0.6 is 11.8 Å². The van der Waals surface area contributed by atoms with Crippen LogP contribution < -0.4 is 10.2 Å². The first-order chi connectivity index (χ1) is 14.5. The highest BCUT2D eigenvalue weighted by Crippen LogP contribution is 2.57. The fourth-order valence-electron chi connectivity index (χ4n) is 4.07. The average Bonchev–Trinajstić information content (AvgIpc) is 3.30. The molecule has 0 atom stereocenters. The SMILES string of the molecule is [C-]#[N+]c1cc(Nc2nc3c(c(N(C)C)n2)SC2(CCC2)C3)ccc1-n1cnc(C)c1. The largest absolute Gasteiger partial charge is 0.362 e. The van der Waals surface area contributed by atoms with Gasteiger partial charge in [-0.05, 0) is 38.0 Å². The molecule has 3 aromatic rings. The smallest absolute Gasteiger partial charge is 0.229 e. The first-order valence-electron chi connectivity index (χ1n) is 10.0. The van der Waals surface area contributed by atoms with Gasteiger partial charge in [0, 0.05) is 37.1 Å². The molecule has 2 aliphatic rings. The van der Waals surface area contributed by atoms with E-state index in [-0.39, 0.29) is 0 Å². The number of imidazole rings is 1. The van der Waals surface area contributed by atoms with Gasteiger partial charge in [0.25, 0.3) is 0 Å². The summed E-state index contributed by atoms with van der Waals surface area (Å²) in [5, 5.41) is 3.32. The first kappa shape index (κ1) is 18.9. The molecule has 0 amide bonds. The van der Waals surface area contributed by atoms with Gasteiger partial charge in [0.15, 0.2) is 0 Å². The van der Waals surface area contributed by atoms with Crippen LogP contribution in [0.1, 0.15) is 30.7 Å². The van der Waals surface area contributed by atoms with E-state index in [9.17, 15) is 0 Å². The second kappa shape index (κ2) is 7.03. The fraction of sp³-hybridized carbons (Fsp3) is 0.364. The average molecular weight is 418 g/mol. The monoisotopic (exact) mass is 417 g/mol. The Balaban J connectivity index is 1.47. The van der Waals surface area contributed by atoms with Crippen molar-refractivity contribution in [3.05, 3.63) is 53.5 Å². The van der Waals surface area contributed by atoms with E-state index in [0.29, 0.717) is 16.4 Å². The van der Waals surface area contributed by atoms with Crippen molar-refractivity contribution in [2.45, 2.75) is 42.2 Å². The summed E-state index contributed by atoms with van der Waals surface area (Å²) in [4.78, 5) is 20.9. The van der Waals surface area contributed by atoms with E-state index in [2.05, 4.69) is 20.0 Å². The van der Waals surface area contributed by atoms with Crippen molar-refractivity contribution in [1.29, 1.82) is 0 Å². The van der Waals surface area contributed by atoms with Gasteiger partial charge >= 0.3 is 0 Å². The molecule has 152 valence electrons. The predicted octanol–water partition coefficient (Wildman–Crippen LogP) is 4.90. The molecule has 7 nitrogen and oxygen atoms in total. The molecule has 8 heteroatoms. The Labute approximate surface area is 180 Å². The summed E-state index contributed by atoms with van der Waals surface area (Å²) in [6.45, 7) is 9.54. The predicted molar refractivity (Wildman–Crippen MR) is 120 cm³/mol. The molecule has 2 aromatic heterocycles. The lowest BCUT2D eigenvalue weighted by atomic mass is 9.81. The van der Waals surface area contributed by atoms with E-state index >= 15 is 0 Å². The number of hydrogen-bond acceptors (Lipinski definition) is 6. The maximum absolute atomic E-state index is 7.60. The Morgan fingerprint density at radius 1 is 1.27 bits per heavy atom. The highest BCUT2D eigenvalue weighted by Gasteiger charge is 2.45. The molecule has 1 spiro atoms. The number of nitrogens with zero attached hydrogens (tertiary/aromatic N) is 6. The molecule has 1 aromatic carbocycles. The third kappa shape index (κ3) is 3.19. The summed E-state index contributed by atoms with van der Waals surface area (Å²) in [6, 6.07) is 5.72. The van der Waals surface area contributed by atoms with Gasteiger partial charge in [-0.2, -0.15) is 4.98 Å². The van der Waals surface area contributed by atoms with E-state index in [1.54, 1.807) is 6.33 Å². The van der Waals surface area contributed by atoms with Crippen molar-refractivity contribution < 1.29 is 0 Å². The third-order valence-electron chi connectivity index (χ3n) is 5.76. The summed E-state index contributed by atoms with van der Waals surface area (Å²) in [5.41, 5.74) is 4.21. The van der Waals surface area contributed by atoms with E-state index in [1.807, 2.05) is 61.7 Å². The molecule has 1 aliphatic heterocycles. The summed E-state index contributed by atoms with van der Waals surface area (Å²) in [7, 11) is 4.05. The zero-order chi connectivity index (χ0) is 20.9. The Kier molecular flexibility index (Phi) is 4.44. The van der Waals surface area contributed by atoms with Gasteiger partial charge < -0.3 is 14.8 Å². The molecular weight excluding hydrogens is 394 g/mol. The van der Waals surface area contributed by atoms with Crippen molar-refractivity contribution in [1.82, 2.24) is 19.5 Å². The second-order valence-corrected chi connectivity index (χ2v) is 9.70. The van der Waals surface area contributed by atoms with Crippen LogP contribution in [0.25, 0.3) is 10.5 Å². The number of rotatable bonds is 4. The van der Waals surface area contributed by atoms with E-state index in [1.165, 1.54) is 24.2 Å². The number of thioether (sulfide) groups is 1. The summed E-state index contributed by atoms with van der Waals surface area (Å²) >= 11 is 1.96. The van der Waals surface area contributed by atoms with Crippen LogP contribution in [0, 0.1) is 13.5 Å². The minimum atomic E-state index is 0.336. The molecule has 3 heterocycles. The minimum Gasteiger partial charge on any atom is -0.362 e. The van der Waals surface area contributed by atoms with Crippen LogP contribution in [-0.2, 0) is 6.42 Å². The maximum Gasteiger partial charge on any atom is 0.229 e. The summed E-state index contributed by atoms with van der Waals surface area (Å²) in [6.07, 6.45) is 8.47. The van der Waals surface area contributed by atoms with Crippen molar-refractivity contribution in [2.24, 2.45) is 0 Å². The third-order valence-corrected chi connectivity index (χ3v) is 7.36. The van der Waals surface area contributed by atoms with Gasteiger partial charge in [0.1, 0.15) is 5.82 Å². The van der Waals surface area contributed by atoms with Gasteiger partial charge in [-0.3, -0.25) is 0 Å². The maximum atomic E-state index is 7.60. The fourth-order valence-corrected chi connectivity index (χ4v) is 5.76. The molecule has 1 N–H and O–H groups in total. The quantitative estimate of drug-likeness (QED) is 0.609. The number of aryl methyl sites for hydroxylation is 1. The number of fused-ring (bicyclic) bond motifs is 1. The zero-order valence-corrected chi connectivity index (χ0v) is 18.1. The second-order valence-electron chi connectivity index (χ2n) is 8.22. The normalized spacial score (nSPS) is 16.1. The Morgan fingerprint density at radius 2 is 2.10 bits per heavy atom. The Hall–Kier alpha value is -3.05. The number of anilines is 3. The standard InChI is InChI=1S/C22H23N7S/c1-14-12-29(13-24-14)18-7-6-15(10-16(18)23-2)25-21-26-17-11-22(8-5-9-22)30-19(17)20(27-21)28(3)4/h6-7,10,12-13H,5,8-9,11H2,1,3-4H3,(H,25,26,27). The first-order valence-corrected chi connectivity index (χ1v) is 10.8. The molecule has 0 saturated heterocycles. The van der Waals surface area contributed by atoms with Crippen molar-refractivity contribution in [3.8, 4) is 5.69 Å². The highest BCUT2D eigenvalue weighted by atomic mass is 32.2. The Morgan fingerprint density at radius 3 is 2.73 bits per heavy atom. The van der Waals surface area contributed by atoms with E-state index < -0.39 is 0 Å². The van der Waals surface area contributed by atoms with Crippen LogP contribution in [-0.4, -0.2) is 38.4 Å². The summed E-state index contributed by atoms with van der Waals surface area (Å²) in [5.74, 6) is 1.55. The molecule has 0 radical (unpaired) electrons. The van der Waals surface area contributed by atoms with Gasteiger partial charge in [-0.15, -0.1) is 11.8 Å². The molecule has 1 fully saturated rings. The van der Waals surface area contributed by atoms with Crippen LogP contribution in [0.15, 0.2) is 35.6 Å². The lowest BCUT2D eigenvalue weighted by molar-refractivity contribution is 0.365. The lowest BCUT2D eigenvalue weighted by Crippen LogP contribution is -2.32. The molecule has 1 aliphatic carbocycles. The number of aromatic nitrogens is 4. The van der Waals surface area contributed by atoms with Gasteiger partial charge in [0.05, 0.1) is 34.9 Å². The molecule has 0 bridgehead atoms. The van der Waals surface area contributed by atoms with Crippen LogP contribution in [0.2, 0.25) is 0 Å². The molecule has 5 rings (SSSR count). The molecule has 30 heavy (non-hydrogen) atoms. The Bertz CT molecular complexity index is 1170. The number of benzene rings is 1. The number of hydrogen-bond donors (Lipinski definition) is 1. The van der Waals surface area contributed by atoms with E-state index in [0.717, 1.165) is 35.0 Å². The highest BCUT2D eigenvalue weighted by molar-refractivity contribution is 8.01. The van der Waals surface area contributed by atoms with Crippen molar-refractivity contribution >= 4 is 34.9 Å². The van der Waals surface area contributed by atoms with Gasteiger partial charge in [0.2, 0.25) is 11.6 Å². The summed E-state index contributed by atoms with van der Waals surface area (Å²) < 4.78 is 2.21. The van der Waals surface area contributed by atoms with Crippen molar-refractivity contribution in [2.75, 3.05) is 24.3 Å². The zero-order valence-electron chi connectivity index (χ0n) is 17.3.